The van der Waals surface area contributed by atoms with E-state index in [2.05, 4.69) is 17.2 Å². The summed E-state index contributed by atoms with van der Waals surface area (Å²) in [6.07, 6.45) is 3.85. The number of hydrogen-bond donors (Lipinski definition) is 1. The maximum absolute atomic E-state index is 12.9. The molecule has 6 heteroatoms. The highest BCUT2D eigenvalue weighted by molar-refractivity contribution is 5.57. The van der Waals surface area contributed by atoms with Gasteiger partial charge in [-0.1, -0.05) is 38.3 Å². The highest BCUT2D eigenvalue weighted by atomic mass is 16.3. The molecular formula is C21H26N4O2. The Hall–Kier alpha value is -2.94. The minimum atomic E-state index is -0.422. The molecule has 0 atom stereocenters. The van der Waals surface area contributed by atoms with Crippen molar-refractivity contribution in [3.05, 3.63) is 50.8 Å². The van der Waals surface area contributed by atoms with Gasteiger partial charge in [-0.2, -0.15) is 10.4 Å². The van der Waals surface area contributed by atoms with Gasteiger partial charge in [-0.05, 0) is 44.4 Å². The molecule has 0 unspecified atom stereocenters. The monoisotopic (exact) mass is 366 g/mol. The number of pyridine rings is 1. The van der Waals surface area contributed by atoms with E-state index in [0.717, 1.165) is 36.8 Å². The quantitative estimate of drug-likeness (QED) is 0.529. The largest absolute Gasteiger partial charge is 0.493 e. The molecule has 0 saturated carbocycles. The number of benzene rings is 1. The highest BCUT2D eigenvalue weighted by Crippen LogP contribution is 2.28. The molecule has 1 N–H and O–H groups in total. The van der Waals surface area contributed by atoms with Crippen LogP contribution in [0.25, 0.3) is 0 Å². The van der Waals surface area contributed by atoms with E-state index < -0.39 is 5.56 Å². The van der Waals surface area contributed by atoms with Gasteiger partial charge in [-0.15, -0.1) is 5.11 Å². The van der Waals surface area contributed by atoms with E-state index in [1.165, 1.54) is 4.57 Å². The molecule has 6 nitrogen and oxygen atoms in total. The number of azo groups is 1. The topological polar surface area (TPSA) is 90.7 Å². The smallest absolute Gasteiger partial charge is 0.281 e. The molecule has 0 amide bonds. The van der Waals surface area contributed by atoms with E-state index in [1.807, 2.05) is 38.1 Å². The molecule has 0 radical (unpaired) electrons. The Labute approximate surface area is 159 Å². The van der Waals surface area contributed by atoms with Crippen LogP contribution in [-0.2, 0) is 6.54 Å². The van der Waals surface area contributed by atoms with E-state index >= 15 is 0 Å². The van der Waals surface area contributed by atoms with Gasteiger partial charge in [-0.25, -0.2) is 0 Å². The molecule has 0 aliphatic rings. The van der Waals surface area contributed by atoms with Crippen LogP contribution in [0, 0.1) is 32.1 Å². The fourth-order valence-corrected chi connectivity index (χ4v) is 2.89. The van der Waals surface area contributed by atoms with Crippen molar-refractivity contribution in [2.45, 2.75) is 59.9 Å². The summed E-state index contributed by atoms with van der Waals surface area (Å²) in [4.78, 5) is 12.9. The summed E-state index contributed by atoms with van der Waals surface area (Å²) in [6, 6.07) is 7.80. The Bertz CT molecular complexity index is 952. The van der Waals surface area contributed by atoms with E-state index in [4.69, 9.17) is 0 Å². The Morgan fingerprint density at radius 1 is 1.15 bits per heavy atom. The zero-order chi connectivity index (χ0) is 20.0. The number of nitriles is 1. The van der Waals surface area contributed by atoms with Gasteiger partial charge in [0.25, 0.3) is 5.56 Å². The molecule has 142 valence electrons. The van der Waals surface area contributed by atoms with Crippen molar-refractivity contribution in [3.63, 3.8) is 0 Å². The van der Waals surface area contributed by atoms with Crippen molar-refractivity contribution in [3.8, 4) is 11.9 Å². The molecule has 27 heavy (non-hydrogen) atoms. The lowest BCUT2D eigenvalue weighted by molar-refractivity contribution is 0.397. The number of hydrogen-bond acceptors (Lipinski definition) is 5. The second-order valence-electron chi connectivity index (χ2n) is 6.79. The average molecular weight is 366 g/mol. The van der Waals surface area contributed by atoms with Crippen molar-refractivity contribution in [2.75, 3.05) is 0 Å². The van der Waals surface area contributed by atoms with Crippen molar-refractivity contribution in [1.29, 1.82) is 5.26 Å². The van der Waals surface area contributed by atoms with Crippen LogP contribution < -0.4 is 5.56 Å². The van der Waals surface area contributed by atoms with Gasteiger partial charge in [0.2, 0.25) is 5.88 Å². The molecule has 0 aliphatic carbocycles. The SMILES string of the molecule is CCCCCCn1c(O)c(C#N)c(C)c(N=Nc2cc(C)ccc2C)c1=O. The van der Waals surface area contributed by atoms with Crippen LogP contribution in [0.5, 0.6) is 5.88 Å². The van der Waals surface area contributed by atoms with Gasteiger partial charge in [0.15, 0.2) is 5.69 Å². The van der Waals surface area contributed by atoms with Gasteiger partial charge < -0.3 is 5.11 Å². The third-order valence-corrected chi connectivity index (χ3v) is 4.63. The van der Waals surface area contributed by atoms with Gasteiger partial charge in [-0.3, -0.25) is 9.36 Å². The standard InChI is InChI=1S/C21H26N4O2/c1-5-6-7-8-11-25-20(26)17(13-22)16(4)19(21(25)27)24-23-18-12-14(2)9-10-15(18)3/h9-10,12,26H,5-8,11H2,1-4H3. The van der Waals surface area contributed by atoms with Crippen LogP contribution in [0.15, 0.2) is 33.2 Å². The predicted octanol–water partition coefficient (Wildman–Crippen LogP) is 5.35. The van der Waals surface area contributed by atoms with Crippen LogP contribution in [0.2, 0.25) is 0 Å². The lowest BCUT2D eigenvalue weighted by Crippen LogP contribution is -2.22. The zero-order valence-corrected chi connectivity index (χ0v) is 16.4. The third-order valence-electron chi connectivity index (χ3n) is 4.63. The van der Waals surface area contributed by atoms with E-state index in [9.17, 15) is 15.2 Å². The van der Waals surface area contributed by atoms with Crippen LogP contribution in [0.3, 0.4) is 0 Å². The summed E-state index contributed by atoms with van der Waals surface area (Å²) in [5.74, 6) is -0.290. The van der Waals surface area contributed by atoms with Crippen molar-refractivity contribution in [1.82, 2.24) is 4.57 Å². The Balaban J connectivity index is 2.49. The summed E-state index contributed by atoms with van der Waals surface area (Å²) < 4.78 is 1.23. The molecule has 0 saturated heterocycles. The average Bonchev–Trinajstić information content (AvgIpc) is 2.64. The summed E-state index contributed by atoms with van der Waals surface area (Å²) in [6.45, 7) is 7.95. The highest BCUT2D eigenvalue weighted by Gasteiger charge is 2.19. The number of unbranched alkanes of at least 4 members (excludes halogenated alkanes) is 3. The first kappa shape index (κ1) is 20.4. The summed E-state index contributed by atoms with van der Waals surface area (Å²) in [5, 5.41) is 28.2. The van der Waals surface area contributed by atoms with Gasteiger partial charge >= 0.3 is 0 Å². The van der Waals surface area contributed by atoms with Crippen molar-refractivity contribution in [2.24, 2.45) is 10.2 Å². The lowest BCUT2D eigenvalue weighted by Gasteiger charge is -2.13. The number of aryl methyl sites for hydroxylation is 2. The van der Waals surface area contributed by atoms with E-state index in [-0.39, 0.29) is 17.1 Å². The molecule has 0 bridgehead atoms. The fraction of sp³-hybridized carbons (Fsp3) is 0.429. The third kappa shape index (κ3) is 4.62. The first-order chi connectivity index (χ1) is 12.9. The molecule has 2 aromatic rings. The Morgan fingerprint density at radius 3 is 2.56 bits per heavy atom. The van der Waals surface area contributed by atoms with Crippen molar-refractivity contribution < 1.29 is 5.11 Å². The Morgan fingerprint density at radius 2 is 1.89 bits per heavy atom. The molecule has 1 aromatic heterocycles. The summed E-state index contributed by atoms with van der Waals surface area (Å²) in [5.41, 5.74) is 2.76. The van der Waals surface area contributed by atoms with Crippen LogP contribution in [0.1, 0.15) is 54.9 Å². The van der Waals surface area contributed by atoms with Crippen molar-refractivity contribution >= 4 is 11.4 Å². The van der Waals surface area contributed by atoms with E-state index in [1.54, 1.807) is 6.92 Å². The molecule has 0 fully saturated rings. The second-order valence-corrected chi connectivity index (χ2v) is 6.79. The normalized spacial score (nSPS) is 11.1. The van der Waals surface area contributed by atoms with Gasteiger partial charge in [0.1, 0.15) is 11.6 Å². The summed E-state index contributed by atoms with van der Waals surface area (Å²) in [7, 11) is 0. The minimum Gasteiger partial charge on any atom is -0.493 e. The number of aromatic hydroxyl groups is 1. The molecule has 1 aromatic carbocycles. The number of rotatable bonds is 7. The molecule has 0 aliphatic heterocycles. The molecule has 2 rings (SSSR count). The lowest BCUT2D eigenvalue weighted by atomic mass is 10.1. The van der Waals surface area contributed by atoms with E-state index in [0.29, 0.717) is 17.8 Å². The van der Waals surface area contributed by atoms with Crippen LogP contribution in [0.4, 0.5) is 11.4 Å². The molecular weight excluding hydrogens is 340 g/mol. The first-order valence-corrected chi connectivity index (χ1v) is 9.26. The number of aromatic nitrogens is 1. The maximum atomic E-state index is 12.9. The number of nitrogens with zero attached hydrogens (tertiary/aromatic N) is 4. The fourth-order valence-electron chi connectivity index (χ4n) is 2.89. The minimum absolute atomic E-state index is 0.0694. The molecule has 1 heterocycles. The van der Waals surface area contributed by atoms with Crippen LogP contribution >= 0.6 is 0 Å². The molecule has 0 spiro atoms. The maximum Gasteiger partial charge on any atom is 0.281 e. The van der Waals surface area contributed by atoms with Gasteiger partial charge in [0.05, 0.1) is 5.69 Å². The van der Waals surface area contributed by atoms with Gasteiger partial charge in [0, 0.05) is 12.1 Å². The first-order valence-electron chi connectivity index (χ1n) is 9.26. The summed E-state index contributed by atoms with van der Waals surface area (Å²) >= 11 is 0. The zero-order valence-electron chi connectivity index (χ0n) is 16.4. The Kier molecular flexibility index (Phi) is 6.89. The van der Waals surface area contributed by atoms with Crippen LogP contribution in [-0.4, -0.2) is 9.67 Å². The predicted molar refractivity (Wildman–Crippen MR) is 106 cm³/mol. The second kappa shape index (κ2) is 9.13.